The van der Waals surface area contributed by atoms with Crippen molar-refractivity contribution in [3.05, 3.63) is 266 Å². The molecule has 0 spiro atoms. The second-order valence-corrected chi connectivity index (χ2v) is 21.6. The van der Waals surface area contributed by atoms with Gasteiger partial charge in [-0.3, -0.25) is 0 Å². The Bertz CT molecular complexity index is 5090. The summed E-state index contributed by atoms with van der Waals surface area (Å²) in [5.41, 5.74) is -12.6. The Morgan fingerprint density at radius 2 is 0.179 bits per heavy atom. The van der Waals surface area contributed by atoms with Crippen LogP contribution in [0.2, 0.25) is 0 Å². The summed E-state index contributed by atoms with van der Waals surface area (Å²) in [6.07, 6.45) is 0. The molecule has 10 rings (SSSR count). The molecule has 598 valence electrons. The van der Waals surface area contributed by atoms with Crippen LogP contribution in [0.5, 0.6) is 69.0 Å². The zero-order valence-corrected chi connectivity index (χ0v) is 53.6. The van der Waals surface area contributed by atoms with E-state index in [1.54, 1.807) is 0 Å². The number of halogens is 40. The molecule has 0 amide bonds. The van der Waals surface area contributed by atoms with E-state index in [0.29, 0.717) is 41.5 Å². The fourth-order valence-corrected chi connectivity index (χ4v) is 8.86. The van der Waals surface area contributed by atoms with Gasteiger partial charge in [-0.05, 0) is 41.5 Å². The molecule has 0 fully saturated rings. The molecule has 0 bridgehead atoms. The summed E-state index contributed by atoms with van der Waals surface area (Å²) in [4.78, 5) is 0. The van der Waals surface area contributed by atoms with E-state index in [0.717, 1.165) is 0 Å². The molecule has 0 atom stereocenters. The predicted octanol–water partition coefficient (Wildman–Crippen LogP) is 24.9. The first-order chi connectivity index (χ1) is 51.8. The van der Waals surface area contributed by atoms with Gasteiger partial charge in [0.05, 0.1) is 11.1 Å². The standard InChI is InChI=1S/C26H6F16O2.2C20H6F12O2/c1-3-7(27)15(35)23(16(36)8(3)28)43-25-19(39)11(31)5(12(32)20(25)40)6-13(33)21(41)26(22(42)14(6)34)44-24-17(37)9(29)4(2)10(30)18(24)38;1-3-5(21)10(26)17(11(27)6(3)22)33-19-14(30)9(25)15(31)20(16(19)32)34-18-12(28)7(23)4(2)8(24)13(18)29;1-3-5(21)9(25)17(10(26)6(3)22)33-19-13(29)15(31)20(16(32)14(19)30)34-18-11(27)7(23)4(2)8(24)12(18)28/h1-2H3;2*1-2H3. The summed E-state index contributed by atoms with van der Waals surface area (Å²) < 4.78 is 588. The van der Waals surface area contributed by atoms with Gasteiger partial charge in [0.2, 0.25) is 209 Å². The number of benzene rings is 10. The van der Waals surface area contributed by atoms with Crippen molar-refractivity contribution in [3.63, 3.8) is 0 Å². The minimum absolute atomic E-state index is 0.512. The molecule has 0 radical (unpaired) electrons. The van der Waals surface area contributed by atoms with E-state index in [1.165, 1.54) is 0 Å². The molecule has 46 heteroatoms. The van der Waals surface area contributed by atoms with Crippen LogP contribution in [0.4, 0.5) is 176 Å². The lowest BCUT2D eigenvalue weighted by atomic mass is 10.0. The van der Waals surface area contributed by atoms with Gasteiger partial charge in [-0.1, -0.05) is 0 Å². The first-order valence-electron chi connectivity index (χ1n) is 28.3. The van der Waals surface area contributed by atoms with Crippen LogP contribution < -0.4 is 28.4 Å². The Balaban J connectivity index is 0.000000213. The van der Waals surface area contributed by atoms with Crippen LogP contribution in [-0.4, -0.2) is 0 Å². The molecule has 0 saturated heterocycles. The highest BCUT2D eigenvalue weighted by Gasteiger charge is 2.41. The van der Waals surface area contributed by atoms with Crippen molar-refractivity contribution < 1.29 is 204 Å². The summed E-state index contributed by atoms with van der Waals surface area (Å²) in [6, 6.07) is 0. The third-order valence-corrected chi connectivity index (χ3v) is 14.9. The zero-order valence-electron chi connectivity index (χ0n) is 53.6. The van der Waals surface area contributed by atoms with Crippen molar-refractivity contribution in [2.24, 2.45) is 0 Å². The summed E-state index contributed by atoms with van der Waals surface area (Å²) in [6.45, 7) is 3.35. The maximum absolute atomic E-state index is 14.8. The third kappa shape index (κ3) is 14.1. The largest absolute Gasteiger partial charge is 0.444 e. The van der Waals surface area contributed by atoms with Gasteiger partial charge in [0.15, 0.2) is 93.1 Å². The quantitative estimate of drug-likeness (QED) is 0.0651. The van der Waals surface area contributed by atoms with E-state index in [-0.39, 0.29) is 0 Å². The number of rotatable bonds is 13. The maximum atomic E-state index is 14.8. The van der Waals surface area contributed by atoms with Crippen LogP contribution in [0, 0.1) is 274 Å². The predicted molar refractivity (Wildman–Crippen MR) is 291 cm³/mol. The summed E-state index contributed by atoms with van der Waals surface area (Å²) in [5, 5.41) is 0. The lowest BCUT2D eigenvalue weighted by Gasteiger charge is -2.17. The normalized spacial score (nSPS) is 11.3. The SMILES string of the molecule is Cc1c(F)c(F)c(Oc2c(F)c(F)c(-c3c(F)c(F)c(Oc4c(F)c(F)c(C)c(F)c4F)c(F)c3F)c(F)c2F)c(F)c1F.Cc1c(F)c(F)c(Oc2c(F)c(F)c(F)c(Oc3c(F)c(F)c(C)c(F)c3F)c2F)c(F)c1F.Cc1c(F)c(F)c(Oc2c(F)c(F)c(Oc3c(F)c(F)c(C)c(F)c3F)c(F)c2F)c(F)c1F. The molecular weight excluding hydrogens is 1650 g/mol. The average Bonchev–Trinajstić information content (AvgIpc) is 0.738. The third-order valence-electron chi connectivity index (χ3n) is 14.9. The first-order valence-corrected chi connectivity index (χ1v) is 28.3. The Kier molecular flexibility index (Phi) is 24.2. The number of hydrogen-bond acceptors (Lipinski definition) is 6. The van der Waals surface area contributed by atoms with Crippen LogP contribution in [0.3, 0.4) is 0 Å². The van der Waals surface area contributed by atoms with Gasteiger partial charge in [-0.2, -0.15) is 101 Å². The van der Waals surface area contributed by atoms with Crippen molar-refractivity contribution in [1.82, 2.24) is 0 Å². The number of ether oxygens (including phenoxy) is 6. The lowest BCUT2D eigenvalue weighted by molar-refractivity contribution is 0.296. The molecule has 0 heterocycles. The average molecular weight is 1670 g/mol. The highest BCUT2D eigenvalue weighted by Crippen LogP contribution is 2.49. The first kappa shape index (κ1) is 85.8. The van der Waals surface area contributed by atoms with E-state index in [2.05, 4.69) is 28.4 Å². The molecular formula is C66H18F40O6. The van der Waals surface area contributed by atoms with Gasteiger partial charge in [-0.25, -0.2) is 74.6 Å². The van der Waals surface area contributed by atoms with Gasteiger partial charge < -0.3 is 28.4 Å². The van der Waals surface area contributed by atoms with Gasteiger partial charge in [0, 0.05) is 33.4 Å². The molecule has 0 N–H and O–H groups in total. The highest BCUT2D eigenvalue weighted by molar-refractivity contribution is 5.70. The van der Waals surface area contributed by atoms with Gasteiger partial charge >= 0.3 is 0 Å². The Labute approximate surface area is 590 Å². The fourth-order valence-electron chi connectivity index (χ4n) is 8.86. The lowest BCUT2D eigenvalue weighted by Crippen LogP contribution is -2.11. The van der Waals surface area contributed by atoms with E-state index in [1.807, 2.05) is 0 Å². The van der Waals surface area contributed by atoms with Crippen molar-refractivity contribution in [2.45, 2.75) is 41.5 Å². The monoisotopic (exact) mass is 1670 g/mol. The van der Waals surface area contributed by atoms with Crippen molar-refractivity contribution in [3.8, 4) is 80.1 Å². The second-order valence-electron chi connectivity index (χ2n) is 21.6. The maximum Gasteiger partial charge on any atom is 0.214 e. The molecule has 0 aliphatic heterocycles. The van der Waals surface area contributed by atoms with Gasteiger partial charge in [-0.15, -0.1) is 0 Å². The molecule has 10 aromatic rings. The summed E-state index contributed by atoms with van der Waals surface area (Å²) >= 11 is 0. The number of hydrogen-bond donors (Lipinski definition) is 0. The molecule has 0 saturated carbocycles. The second kappa shape index (κ2) is 31.5. The van der Waals surface area contributed by atoms with E-state index in [4.69, 9.17) is 0 Å². The topological polar surface area (TPSA) is 55.4 Å². The Hall–Kier alpha value is -11.8. The minimum atomic E-state index is -2.97. The van der Waals surface area contributed by atoms with Crippen LogP contribution >= 0.6 is 0 Å². The Morgan fingerprint density at radius 1 is 0.0982 bits per heavy atom. The van der Waals surface area contributed by atoms with Gasteiger partial charge in [0.1, 0.15) is 0 Å². The smallest absolute Gasteiger partial charge is 0.214 e. The molecule has 0 aliphatic carbocycles. The van der Waals surface area contributed by atoms with E-state index < -0.39 is 346 Å². The molecule has 6 nitrogen and oxygen atoms in total. The molecule has 0 unspecified atom stereocenters. The zero-order chi connectivity index (χ0) is 84.9. The van der Waals surface area contributed by atoms with Crippen LogP contribution in [0.1, 0.15) is 33.4 Å². The summed E-state index contributed by atoms with van der Waals surface area (Å²) in [7, 11) is 0. The molecule has 0 aromatic heterocycles. The van der Waals surface area contributed by atoms with Gasteiger partial charge in [0.25, 0.3) is 0 Å². The van der Waals surface area contributed by atoms with Crippen LogP contribution in [0.25, 0.3) is 11.1 Å². The van der Waals surface area contributed by atoms with Crippen molar-refractivity contribution in [2.75, 3.05) is 0 Å². The molecule has 112 heavy (non-hydrogen) atoms. The minimum Gasteiger partial charge on any atom is -0.444 e. The van der Waals surface area contributed by atoms with E-state index in [9.17, 15) is 176 Å². The summed E-state index contributed by atoms with van der Waals surface area (Å²) in [5.74, 6) is -126. The van der Waals surface area contributed by atoms with Crippen molar-refractivity contribution >= 4 is 0 Å². The van der Waals surface area contributed by atoms with Crippen LogP contribution in [-0.2, 0) is 0 Å². The highest BCUT2D eigenvalue weighted by atomic mass is 19.2. The molecule has 10 aromatic carbocycles. The van der Waals surface area contributed by atoms with Crippen molar-refractivity contribution in [1.29, 1.82) is 0 Å². The van der Waals surface area contributed by atoms with Crippen LogP contribution in [0.15, 0.2) is 0 Å². The Morgan fingerprint density at radius 3 is 0.295 bits per heavy atom. The fraction of sp³-hybridized carbons (Fsp3) is 0.0909. The van der Waals surface area contributed by atoms with E-state index >= 15 is 0 Å². The molecule has 0 aliphatic rings.